The molecule has 2 aromatic carbocycles. The molecular weight excluding hydrogens is 402 g/mol. The van der Waals surface area contributed by atoms with Crippen LogP contribution in [-0.2, 0) is 17.6 Å². The van der Waals surface area contributed by atoms with Crippen LogP contribution in [0.3, 0.4) is 0 Å². The lowest BCUT2D eigenvalue weighted by molar-refractivity contribution is -0.127. The Kier molecular flexibility index (Phi) is 7.58. The molecule has 6 nitrogen and oxygen atoms in total. The van der Waals surface area contributed by atoms with E-state index in [0.29, 0.717) is 31.8 Å². The SMILES string of the molecule is C[C@@H]1CNCCN1CC(O)C[C@@H](Cc1ccccc1)C(=O)NC1c2ccccc2CC1O. The molecule has 1 aliphatic carbocycles. The highest BCUT2D eigenvalue weighted by Gasteiger charge is 2.34. The van der Waals surface area contributed by atoms with Crippen LogP contribution in [0.25, 0.3) is 0 Å². The van der Waals surface area contributed by atoms with Gasteiger partial charge in [-0.25, -0.2) is 0 Å². The van der Waals surface area contributed by atoms with Gasteiger partial charge in [-0.1, -0.05) is 54.6 Å². The number of piperazine rings is 1. The summed E-state index contributed by atoms with van der Waals surface area (Å²) in [5.41, 5.74) is 3.14. The van der Waals surface area contributed by atoms with Gasteiger partial charge in [-0.3, -0.25) is 9.69 Å². The largest absolute Gasteiger partial charge is 0.392 e. The maximum Gasteiger partial charge on any atom is 0.224 e. The zero-order chi connectivity index (χ0) is 22.5. The first-order valence-electron chi connectivity index (χ1n) is 11.7. The fourth-order valence-electron chi connectivity index (χ4n) is 5.03. The summed E-state index contributed by atoms with van der Waals surface area (Å²) in [6, 6.07) is 17.8. The predicted octanol–water partition coefficient (Wildman–Crippen LogP) is 1.66. The van der Waals surface area contributed by atoms with Crippen LogP contribution in [0.2, 0.25) is 0 Å². The van der Waals surface area contributed by atoms with E-state index in [1.54, 1.807) is 0 Å². The van der Waals surface area contributed by atoms with E-state index >= 15 is 0 Å². The fraction of sp³-hybridized carbons (Fsp3) is 0.500. The minimum atomic E-state index is -0.625. The van der Waals surface area contributed by atoms with Crippen molar-refractivity contribution in [1.29, 1.82) is 0 Å². The van der Waals surface area contributed by atoms with Gasteiger partial charge < -0.3 is 20.8 Å². The molecule has 172 valence electrons. The molecule has 1 saturated heterocycles. The standard InChI is InChI=1S/C26H35N3O3/c1-18-16-27-11-12-29(18)17-22(30)14-21(13-19-7-3-2-4-8-19)26(32)28-25-23-10-6-5-9-20(23)15-24(25)31/h2-10,18,21-22,24-25,27,30-31H,11-17H2,1H3,(H,28,32)/t18-,21-,22?,24?,25?/m1/s1. The fourth-order valence-corrected chi connectivity index (χ4v) is 5.03. The quantitative estimate of drug-likeness (QED) is 0.505. The second kappa shape index (κ2) is 10.6. The van der Waals surface area contributed by atoms with Gasteiger partial charge in [-0.15, -0.1) is 0 Å². The predicted molar refractivity (Wildman–Crippen MR) is 125 cm³/mol. The summed E-state index contributed by atoms with van der Waals surface area (Å²) < 4.78 is 0. The number of hydrogen-bond acceptors (Lipinski definition) is 5. The molecule has 3 unspecified atom stereocenters. The van der Waals surface area contributed by atoms with Crippen molar-refractivity contribution in [3.8, 4) is 0 Å². The number of hydrogen-bond donors (Lipinski definition) is 4. The van der Waals surface area contributed by atoms with E-state index in [-0.39, 0.29) is 11.8 Å². The summed E-state index contributed by atoms with van der Waals surface area (Å²) in [5.74, 6) is -0.479. The third kappa shape index (κ3) is 5.56. The maximum atomic E-state index is 13.4. The lowest BCUT2D eigenvalue weighted by atomic mass is 9.91. The van der Waals surface area contributed by atoms with E-state index in [4.69, 9.17) is 0 Å². The number of fused-ring (bicyclic) bond motifs is 1. The molecule has 0 radical (unpaired) electrons. The second-order valence-electron chi connectivity index (χ2n) is 9.28. The third-order valence-corrected chi connectivity index (χ3v) is 6.84. The van der Waals surface area contributed by atoms with Crippen LogP contribution in [0.1, 0.15) is 36.1 Å². The molecule has 2 aliphatic rings. The highest BCUT2D eigenvalue weighted by atomic mass is 16.3. The van der Waals surface area contributed by atoms with E-state index in [1.807, 2.05) is 54.6 Å². The van der Waals surface area contributed by atoms with Gasteiger partial charge in [0, 0.05) is 44.6 Å². The number of amides is 1. The van der Waals surface area contributed by atoms with E-state index in [1.165, 1.54) is 0 Å². The Morgan fingerprint density at radius 3 is 2.72 bits per heavy atom. The topological polar surface area (TPSA) is 84.8 Å². The molecule has 5 atom stereocenters. The van der Waals surface area contributed by atoms with Gasteiger partial charge in [0.15, 0.2) is 0 Å². The normalized spacial score (nSPS) is 25.2. The Morgan fingerprint density at radius 1 is 1.19 bits per heavy atom. The molecule has 6 heteroatoms. The van der Waals surface area contributed by atoms with Crippen LogP contribution in [0.4, 0.5) is 0 Å². The lowest BCUT2D eigenvalue weighted by Crippen LogP contribution is -2.52. The first kappa shape index (κ1) is 22.9. The molecular formula is C26H35N3O3. The molecule has 4 N–H and O–H groups in total. The summed E-state index contributed by atoms with van der Waals surface area (Å²) >= 11 is 0. The molecule has 0 spiro atoms. The molecule has 1 amide bonds. The third-order valence-electron chi connectivity index (χ3n) is 6.84. The highest BCUT2D eigenvalue weighted by Crippen LogP contribution is 2.32. The van der Waals surface area contributed by atoms with Gasteiger partial charge in [-0.05, 0) is 36.5 Å². The molecule has 4 rings (SSSR count). The Bertz CT molecular complexity index is 891. The average molecular weight is 438 g/mol. The monoisotopic (exact) mass is 437 g/mol. The number of nitrogens with zero attached hydrogens (tertiary/aromatic N) is 1. The van der Waals surface area contributed by atoms with Gasteiger partial charge in [-0.2, -0.15) is 0 Å². The van der Waals surface area contributed by atoms with Crippen LogP contribution in [0, 0.1) is 5.92 Å². The van der Waals surface area contributed by atoms with Crippen LogP contribution in [0.15, 0.2) is 54.6 Å². The molecule has 1 fully saturated rings. The molecule has 2 aromatic rings. The van der Waals surface area contributed by atoms with Crippen molar-refractivity contribution < 1.29 is 15.0 Å². The molecule has 32 heavy (non-hydrogen) atoms. The number of β-amino-alcohol motifs (C(OH)–C–C–N with tert-alkyl or cyclic N) is 1. The van der Waals surface area contributed by atoms with Crippen LogP contribution >= 0.6 is 0 Å². The van der Waals surface area contributed by atoms with Gasteiger partial charge in [0.05, 0.1) is 18.2 Å². The number of carbonyl (C=O) groups is 1. The number of aliphatic hydroxyl groups is 2. The van der Waals surface area contributed by atoms with Crippen molar-refractivity contribution >= 4 is 5.91 Å². The number of nitrogens with one attached hydrogen (secondary N) is 2. The second-order valence-corrected chi connectivity index (χ2v) is 9.28. The van der Waals surface area contributed by atoms with E-state index in [2.05, 4.69) is 22.5 Å². The van der Waals surface area contributed by atoms with Crippen LogP contribution in [0.5, 0.6) is 0 Å². The molecule has 0 bridgehead atoms. The van der Waals surface area contributed by atoms with Crippen molar-refractivity contribution in [2.24, 2.45) is 5.92 Å². The van der Waals surface area contributed by atoms with Crippen molar-refractivity contribution in [1.82, 2.24) is 15.5 Å². The smallest absolute Gasteiger partial charge is 0.224 e. The number of rotatable bonds is 8. The van der Waals surface area contributed by atoms with Crippen molar-refractivity contribution in [3.63, 3.8) is 0 Å². The number of aliphatic hydroxyl groups excluding tert-OH is 2. The Labute approximate surface area is 190 Å². The Balaban J connectivity index is 1.45. The first-order valence-corrected chi connectivity index (χ1v) is 11.7. The zero-order valence-corrected chi connectivity index (χ0v) is 18.8. The van der Waals surface area contributed by atoms with Gasteiger partial charge in [0.2, 0.25) is 5.91 Å². The lowest BCUT2D eigenvalue weighted by Gasteiger charge is -2.35. The van der Waals surface area contributed by atoms with Crippen LogP contribution in [-0.4, -0.2) is 65.4 Å². The van der Waals surface area contributed by atoms with E-state index in [9.17, 15) is 15.0 Å². The summed E-state index contributed by atoms with van der Waals surface area (Å²) in [7, 11) is 0. The number of benzene rings is 2. The Morgan fingerprint density at radius 2 is 1.94 bits per heavy atom. The number of carbonyl (C=O) groups excluding carboxylic acids is 1. The van der Waals surface area contributed by atoms with Gasteiger partial charge in [0.25, 0.3) is 0 Å². The zero-order valence-electron chi connectivity index (χ0n) is 18.8. The minimum Gasteiger partial charge on any atom is -0.392 e. The van der Waals surface area contributed by atoms with Crippen molar-refractivity contribution in [2.45, 2.75) is 50.5 Å². The Hall–Kier alpha value is -2.25. The van der Waals surface area contributed by atoms with E-state index in [0.717, 1.165) is 36.3 Å². The summed E-state index contributed by atoms with van der Waals surface area (Å²) in [6.45, 7) is 5.46. The maximum absolute atomic E-state index is 13.4. The summed E-state index contributed by atoms with van der Waals surface area (Å²) in [5, 5.41) is 27.9. The van der Waals surface area contributed by atoms with Crippen molar-refractivity contribution in [3.05, 3.63) is 71.3 Å². The van der Waals surface area contributed by atoms with Crippen LogP contribution < -0.4 is 10.6 Å². The van der Waals surface area contributed by atoms with Gasteiger partial charge >= 0.3 is 0 Å². The minimum absolute atomic E-state index is 0.109. The molecule has 0 aromatic heterocycles. The average Bonchev–Trinajstić information content (AvgIpc) is 3.10. The summed E-state index contributed by atoms with van der Waals surface area (Å²) in [4.78, 5) is 15.7. The molecule has 1 heterocycles. The van der Waals surface area contributed by atoms with Gasteiger partial charge in [0.1, 0.15) is 0 Å². The highest BCUT2D eigenvalue weighted by molar-refractivity contribution is 5.79. The summed E-state index contributed by atoms with van der Waals surface area (Å²) in [6.07, 6.45) is 0.289. The first-order chi connectivity index (χ1) is 15.5. The van der Waals surface area contributed by atoms with Crippen molar-refractivity contribution in [2.75, 3.05) is 26.2 Å². The molecule has 1 aliphatic heterocycles. The molecule has 0 saturated carbocycles. The van der Waals surface area contributed by atoms with E-state index < -0.39 is 18.2 Å².